The lowest BCUT2D eigenvalue weighted by Crippen LogP contribution is -2.19. The Morgan fingerprint density at radius 3 is 2.71 bits per heavy atom. The summed E-state index contributed by atoms with van der Waals surface area (Å²) >= 11 is 0. The molecule has 9 heteroatoms. The third-order valence-corrected chi connectivity index (χ3v) is 4.10. The molecule has 0 bridgehead atoms. The molecule has 0 amide bonds. The number of halogens is 3. The Morgan fingerprint density at radius 2 is 2.00 bits per heavy atom. The van der Waals surface area contributed by atoms with Crippen molar-refractivity contribution in [2.45, 2.75) is 20.1 Å². The van der Waals surface area contributed by atoms with Gasteiger partial charge in [0.05, 0.1) is 13.7 Å². The highest BCUT2D eigenvalue weighted by molar-refractivity contribution is 5.60. The van der Waals surface area contributed by atoms with E-state index in [1.807, 2.05) is 13.0 Å². The molecule has 0 aliphatic heterocycles. The second-order valence-electron chi connectivity index (χ2n) is 6.07. The fourth-order valence-corrected chi connectivity index (χ4v) is 2.63. The third kappa shape index (κ3) is 4.13. The first kappa shape index (κ1) is 19.4. The van der Waals surface area contributed by atoms with Crippen molar-refractivity contribution < 1.29 is 17.9 Å². The van der Waals surface area contributed by atoms with Crippen LogP contribution >= 0.6 is 0 Å². The average molecular weight is 390 g/mol. The summed E-state index contributed by atoms with van der Waals surface area (Å²) in [7, 11) is 1.53. The van der Waals surface area contributed by atoms with Crippen LogP contribution in [-0.2, 0) is 13.2 Å². The van der Waals surface area contributed by atoms with Crippen LogP contribution in [0.5, 0.6) is 5.75 Å². The monoisotopic (exact) mass is 390 g/mol. The summed E-state index contributed by atoms with van der Waals surface area (Å²) in [4.78, 5) is 15.6. The number of aryl methyl sites for hydroxylation is 1. The van der Waals surface area contributed by atoms with Crippen LogP contribution in [0, 0.1) is 18.6 Å². The van der Waals surface area contributed by atoms with Crippen molar-refractivity contribution >= 4 is 11.6 Å². The first-order chi connectivity index (χ1) is 13.4. The Bertz CT molecular complexity index is 1070. The molecule has 0 fully saturated rings. The zero-order valence-electron chi connectivity index (χ0n) is 15.2. The van der Waals surface area contributed by atoms with Crippen molar-refractivity contribution in [1.82, 2.24) is 14.8 Å². The summed E-state index contributed by atoms with van der Waals surface area (Å²) in [6.07, 6.45) is 1.000. The van der Waals surface area contributed by atoms with E-state index in [0.717, 1.165) is 17.8 Å². The van der Waals surface area contributed by atoms with E-state index in [4.69, 9.17) is 4.74 Å². The first-order valence-corrected chi connectivity index (χ1v) is 8.30. The third-order valence-electron chi connectivity index (χ3n) is 4.10. The van der Waals surface area contributed by atoms with E-state index in [9.17, 15) is 18.0 Å². The van der Waals surface area contributed by atoms with Gasteiger partial charge in [0, 0.05) is 17.3 Å². The number of hydrogen-bond acceptors (Lipinski definition) is 5. The average Bonchev–Trinajstić information content (AvgIpc) is 2.68. The maximum Gasteiger partial charge on any atom is 0.293 e. The van der Waals surface area contributed by atoms with Gasteiger partial charge in [0.2, 0.25) is 5.95 Å². The molecule has 0 spiro atoms. The van der Waals surface area contributed by atoms with E-state index in [1.165, 1.54) is 17.9 Å². The molecule has 0 atom stereocenters. The van der Waals surface area contributed by atoms with Crippen LogP contribution in [0.1, 0.15) is 16.7 Å². The van der Waals surface area contributed by atoms with Crippen molar-refractivity contribution in [1.29, 1.82) is 0 Å². The highest BCUT2D eigenvalue weighted by Gasteiger charge is 2.13. The molecule has 146 valence electrons. The van der Waals surface area contributed by atoms with E-state index in [1.54, 1.807) is 12.1 Å². The summed E-state index contributed by atoms with van der Waals surface area (Å²) < 4.78 is 46.7. The number of rotatable bonds is 6. The van der Waals surface area contributed by atoms with E-state index < -0.39 is 23.9 Å². The maximum absolute atomic E-state index is 13.7. The van der Waals surface area contributed by atoms with Gasteiger partial charge in [-0.15, -0.1) is 0 Å². The predicted octanol–water partition coefficient (Wildman–Crippen LogP) is 3.49. The number of alkyl halides is 1. The highest BCUT2D eigenvalue weighted by atomic mass is 19.2. The first-order valence-electron chi connectivity index (χ1n) is 8.30. The van der Waals surface area contributed by atoms with Gasteiger partial charge in [-0.05, 0) is 36.2 Å². The quantitative estimate of drug-likeness (QED) is 0.698. The number of anilines is 2. The Balaban J connectivity index is 1.98. The Hall–Kier alpha value is -3.36. The lowest BCUT2D eigenvalue weighted by Gasteiger charge is -2.15. The molecule has 0 saturated heterocycles. The number of nitrogens with zero attached hydrogens (tertiary/aromatic N) is 3. The zero-order chi connectivity index (χ0) is 20.3. The minimum absolute atomic E-state index is 0.0527. The summed E-state index contributed by atoms with van der Waals surface area (Å²) in [6.45, 7) is 0.660. The van der Waals surface area contributed by atoms with Gasteiger partial charge in [-0.2, -0.15) is 10.1 Å². The molecule has 0 unspecified atom stereocenters. The van der Waals surface area contributed by atoms with E-state index >= 15 is 0 Å². The molecule has 1 heterocycles. The summed E-state index contributed by atoms with van der Waals surface area (Å²) in [5, 5.41) is 6.99. The fraction of sp³-hybridized carbons (Fsp3) is 0.211. The van der Waals surface area contributed by atoms with E-state index in [-0.39, 0.29) is 23.6 Å². The Labute approximate surface area is 158 Å². The van der Waals surface area contributed by atoms with Crippen LogP contribution in [0.4, 0.5) is 24.8 Å². The molecule has 2 aromatic carbocycles. The van der Waals surface area contributed by atoms with Crippen molar-refractivity contribution in [3.63, 3.8) is 0 Å². The van der Waals surface area contributed by atoms with Gasteiger partial charge in [-0.3, -0.25) is 4.79 Å². The van der Waals surface area contributed by atoms with Crippen LogP contribution in [0.25, 0.3) is 0 Å². The number of benzene rings is 2. The lowest BCUT2D eigenvalue weighted by molar-refractivity contribution is 0.415. The van der Waals surface area contributed by atoms with Crippen molar-refractivity contribution in [3.8, 4) is 5.75 Å². The maximum atomic E-state index is 13.7. The topological polar surface area (TPSA) is 69.0 Å². The molecule has 0 aliphatic carbocycles. The van der Waals surface area contributed by atoms with Crippen LogP contribution in [0.15, 0.2) is 41.3 Å². The number of ether oxygens (including phenoxy) is 1. The Kier molecular flexibility index (Phi) is 5.62. The van der Waals surface area contributed by atoms with Crippen LogP contribution in [0.2, 0.25) is 0 Å². The minimum atomic E-state index is -1.22. The molecular weight excluding hydrogens is 373 g/mol. The predicted molar refractivity (Wildman–Crippen MR) is 97.6 cm³/mol. The van der Waals surface area contributed by atoms with E-state index in [0.29, 0.717) is 11.4 Å². The molecule has 3 aromatic rings. The van der Waals surface area contributed by atoms with Gasteiger partial charge in [-0.1, -0.05) is 6.07 Å². The largest absolute Gasteiger partial charge is 0.497 e. The number of aromatic nitrogens is 3. The Morgan fingerprint density at radius 1 is 1.21 bits per heavy atom. The minimum Gasteiger partial charge on any atom is -0.497 e. The van der Waals surface area contributed by atoms with Crippen molar-refractivity contribution in [3.05, 3.63) is 75.2 Å². The van der Waals surface area contributed by atoms with Gasteiger partial charge >= 0.3 is 0 Å². The summed E-state index contributed by atoms with van der Waals surface area (Å²) in [5.74, 6) is -1.69. The van der Waals surface area contributed by atoms with Crippen molar-refractivity contribution in [2.75, 3.05) is 12.4 Å². The number of methoxy groups -OCH3 is 1. The smallest absolute Gasteiger partial charge is 0.293 e. The van der Waals surface area contributed by atoms with Crippen molar-refractivity contribution in [2.24, 2.45) is 0 Å². The second kappa shape index (κ2) is 8.12. The number of hydrogen-bond donors (Lipinski definition) is 1. The van der Waals surface area contributed by atoms with E-state index in [2.05, 4.69) is 15.4 Å². The lowest BCUT2D eigenvalue weighted by atomic mass is 10.1. The fourth-order valence-electron chi connectivity index (χ4n) is 2.63. The molecule has 1 aromatic heterocycles. The summed E-state index contributed by atoms with van der Waals surface area (Å²) in [5.41, 5.74) is 0.798. The number of nitrogens with one attached hydrogen (secondary N) is 1. The van der Waals surface area contributed by atoms with Crippen LogP contribution in [0.3, 0.4) is 0 Å². The standard InChI is InChI=1S/C19H17F3N4O2/c1-11-3-4-14(28-2)7-16(11)24-19-25-17(27)9-23-26(19)10-12-5-13(8-20)18(22)15(21)6-12/h3-7,9H,8,10H2,1-2H3,(H,24,25,27). The molecule has 3 rings (SSSR count). The highest BCUT2D eigenvalue weighted by Crippen LogP contribution is 2.24. The van der Waals surface area contributed by atoms with Gasteiger partial charge in [0.1, 0.15) is 18.6 Å². The van der Waals surface area contributed by atoms with Gasteiger partial charge < -0.3 is 10.1 Å². The second-order valence-corrected chi connectivity index (χ2v) is 6.07. The van der Waals surface area contributed by atoms with Gasteiger partial charge in [0.15, 0.2) is 11.6 Å². The summed E-state index contributed by atoms with van der Waals surface area (Å²) in [6, 6.07) is 7.48. The molecular formula is C19H17F3N4O2. The van der Waals surface area contributed by atoms with Gasteiger partial charge in [-0.25, -0.2) is 17.9 Å². The normalized spacial score (nSPS) is 10.8. The molecule has 1 N–H and O–H groups in total. The van der Waals surface area contributed by atoms with Crippen LogP contribution in [-0.4, -0.2) is 21.9 Å². The van der Waals surface area contributed by atoms with Gasteiger partial charge in [0.25, 0.3) is 5.56 Å². The SMILES string of the molecule is COc1ccc(C)c(Nc2nc(=O)cnn2Cc2cc(F)c(F)c(CF)c2)c1. The molecule has 0 radical (unpaired) electrons. The van der Waals surface area contributed by atoms with Crippen LogP contribution < -0.4 is 15.6 Å². The molecule has 0 aliphatic rings. The zero-order valence-corrected chi connectivity index (χ0v) is 15.2. The molecule has 0 saturated carbocycles. The molecule has 6 nitrogen and oxygen atoms in total. The molecule has 28 heavy (non-hydrogen) atoms.